The van der Waals surface area contributed by atoms with Crippen LogP contribution in [0.1, 0.15) is 25.7 Å². The first kappa shape index (κ1) is 28.2. The third kappa shape index (κ3) is 10.8. The Labute approximate surface area is 180 Å². The molecular weight excluding hydrogens is 438 g/mol. The Balaban J connectivity index is 5.26. The third-order valence-corrected chi connectivity index (χ3v) is 3.85. The number of amides is 4. The number of nitrogens with two attached hydrogens (primary N) is 2. The number of carboxylic acid groups (broad SMARTS) is 3. The molecule has 0 aromatic rings. The van der Waals surface area contributed by atoms with E-state index in [2.05, 4.69) is 0 Å². The first-order chi connectivity index (χ1) is 14.8. The smallest absolute Gasteiger partial charge is 0.326 e. The number of aliphatic hydroxyl groups is 1. The Morgan fingerprint density at radius 3 is 1.66 bits per heavy atom. The fourth-order valence-corrected chi connectivity index (χ4v) is 2.21. The van der Waals surface area contributed by atoms with Crippen molar-refractivity contribution in [1.82, 2.24) is 16.0 Å². The van der Waals surface area contributed by atoms with Crippen molar-refractivity contribution in [2.45, 2.75) is 49.9 Å². The highest BCUT2D eigenvalue weighted by Crippen LogP contribution is 2.01. The highest BCUT2D eigenvalue weighted by atomic mass is 16.4. The van der Waals surface area contributed by atoms with Gasteiger partial charge in [0.25, 0.3) is 0 Å². The molecule has 4 amide bonds. The van der Waals surface area contributed by atoms with E-state index in [4.69, 9.17) is 26.8 Å². The van der Waals surface area contributed by atoms with Gasteiger partial charge in [-0.25, -0.2) is 4.79 Å². The molecule has 11 N–H and O–H groups in total. The van der Waals surface area contributed by atoms with Gasteiger partial charge in [-0.05, 0) is 6.42 Å². The van der Waals surface area contributed by atoms with E-state index in [1.807, 2.05) is 16.0 Å². The molecule has 4 unspecified atom stereocenters. The van der Waals surface area contributed by atoms with E-state index in [0.29, 0.717) is 0 Å². The van der Waals surface area contributed by atoms with Crippen molar-refractivity contribution >= 4 is 41.5 Å². The van der Waals surface area contributed by atoms with E-state index in [1.54, 1.807) is 0 Å². The van der Waals surface area contributed by atoms with Crippen LogP contribution in [0.4, 0.5) is 0 Å². The van der Waals surface area contributed by atoms with Gasteiger partial charge in [-0.2, -0.15) is 0 Å². The van der Waals surface area contributed by atoms with E-state index in [-0.39, 0.29) is 6.42 Å². The number of carboxylic acids is 3. The summed E-state index contributed by atoms with van der Waals surface area (Å²) in [6.07, 6.45) is -2.50. The first-order valence-electron chi connectivity index (χ1n) is 9.00. The Bertz CT molecular complexity index is 757. The Kier molecular flexibility index (Phi) is 11.9. The monoisotopic (exact) mass is 463 g/mol. The SMILES string of the molecule is NC(=O)CC(NC(=O)C(CO)NC(=O)C(CC(=O)O)NC(=O)C(N)CCC(=O)O)C(=O)O. The molecule has 0 aromatic carbocycles. The van der Waals surface area contributed by atoms with Crippen molar-refractivity contribution in [2.24, 2.45) is 11.5 Å². The largest absolute Gasteiger partial charge is 0.481 e. The number of aliphatic carboxylic acids is 3. The molecule has 0 fully saturated rings. The number of carbonyl (C=O) groups is 7. The van der Waals surface area contributed by atoms with Crippen LogP contribution < -0.4 is 27.4 Å². The van der Waals surface area contributed by atoms with Crippen LogP contribution in [0, 0.1) is 0 Å². The number of rotatable bonds is 15. The normalized spacial score (nSPS) is 14.2. The number of aliphatic hydroxyl groups excluding tert-OH is 1. The lowest BCUT2D eigenvalue weighted by molar-refractivity contribution is -0.144. The van der Waals surface area contributed by atoms with Crippen LogP contribution in [-0.4, -0.2) is 92.7 Å². The van der Waals surface area contributed by atoms with E-state index < -0.39 is 91.6 Å². The van der Waals surface area contributed by atoms with Crippen molar-refractivity contribution < 1.29 is 54.0 Å². The molecule has 180 valence electrons. The summed E-state index contributed by atoms with van der Waals surface area (Å²) in [5, 5.41) is 41.7. The van der Waals surface area contributed by atoms with Gasteiger partial charge in [0, 0.05) is 6.42 Å². The summed E-state index contributed by atoms with van der Waals surface area (Å²) >= 11 is 0. The number of hydrogen-bond donors (Lipinski definition) is 9. The highest BCUT2D eigenvalue weighted by Gasteiger charge is 2.31. The first-order valence-corrected chi connectivity index (χ1v) is 9.00. The average molecular weight is 463 g/mol. The summed E-state index contributed by atoms with van der Waals surface area (Å²) < 4.78 is 0. The summed E-state index contributed by atoms with van der Waals surface area (Å²) in [4.78, 5) is 80.1. The van der Waals surface area contributed by atoms with Crippen LogP contribution >= 0.6 is 0 Å². The van der Waals surface area contributed by atoms with Gasteiger partial charge >= 0.3 is 17.9 Å². The minimum Gasteiger partial charge on any atom is -0.481 e. The third-order valence-electron chi connectivity index (χ3n) is 3.85. The number of hydrogen-bond acceptors (Lipinski definition) is 9. The second-order valence-corrected chi connectivity index (χ2v) is 6.51. The molecule has 0 saturated carbocycles. The Morgan fingerprint density at radius 1 is 0.719 bits per heavy atom. The maximum atomic E-state index is 12.4. The van der Waals surface area contributed by atoms with Gasteiger partial charge < -0.3 is 47.8 Å². The van der Waals surface area contributed by atoms with E-state index in [9.17, 15) is 38.7 Å². The van der Waals surface area contributed by atoms with Crippen LogP contribution in [0.25, 0.3) is 0 Å². The maximum Gasteiger partial charge on any atom is 0.326 e. The van der Waals surface area contributed by atoms with Crippen LogP contribution in [-0.2, 0) is 33.6 Å². The molecule has 0 aromatic heterocycles. The molecule has 0 aliphatic carbocycles. The molecule has 0 spiro atoms. The molecule has 0 saturated heterocycles. The number of primary amides is 1. The summed E-state index contributed by atoms with van der Waals surface area (Å²) in [5.41, 5.74) is 10.4. The van der Waals surface area contributed by atoms with E-state index >= 15 is 0 Å². The minimum atomic E-state index is -1.77. The van der Waals surface area contributed by atoms with E-state index in [1.165, 1.54) is 0 Å². The summed E-state index contributed by atoms with van der Waals surface area (Å²) in [6, 6.07) is -6.67. The zero-order valence-electron chi connectivity index (χ0n) is 16.6. The molecule has 0 rings (SSSR count). The second-order valence-electron chi connectivity index (χ2n) is 6.51. The zero-order valence-corrected chi connectivity index (χ0v) is 16.6. The maximum absolute atomic E-state index is 12.4. The van der Waals surface area contributed by atoms with Crippen molar-refractivity contribution in [3.05, 3.63) is 0 Å². The van der Waals surface area contributed by atoms with Crippen LogP contribution in [0.5, 0.6) is 0 Å². The topological polar surface area (TPSA) is 289 Å². The lowest BCUT2D eigenvalue weighted by Gasteiger charge is -2.23. The van der Waals surface area contributed by atoms with Crippen LogP contribution in [0.3, 0.4) is 0 Å². The van der Waals surface area contributed by atoms with Crippen molar-refractivity contribution in [3.8, 4) is 0 Å². The fourth-order valence-electron chi connectivity index (χ4n) is 2.21. The quantitative estimate of drug-likeness (QED) is 0.110. The van der Waals surface area contributed by atoms with Crippen molar-refractivity contribution in [1.29, 1.82) is 0 Å². The second kappa shape index (κ2) is 13.5. The molecule has 4 atom stereocenters. The molecule has 0 bridgehead atoms. The van der Waals surface area contributed by atoms with Gasteiger partial charge in [-0.15, -0.1) is 0 Å². The van der Waals surface area contributed by atoms with Gasteiger partial charge in [-0.1, -0.05) is 0 Å². The summed E-state index contributed by atoms with van der Waals surface area (Å²) in [7, 11) is 0. The predicted molar refractivity (Wildman–Crippen MR) is 101 cm³/mol. The molecule has 32 heavy (non-hydrogen) atoms. The molecule has 0 heterocycles. The molecule has 16 heteroatoms. The lowest BCUT2D eigenvalue weighted by atomic mass is 10.1. The average Bonchev–Trinajstić information content (AvgIpc) is 2.67. The molecule has 0 radical (unpaired) electrons. The van der Waals surface area contributed by atoms with Gasteiger partial charge in [0.05, 0.1) is 25.5 Å². The van der Waals surface area contributed by atoms with Crippen molar-refractivity contribution in [3.63, 3.8) is 0 Å². The number of nitrogens with one attached hydrogen (secondary N) is 3. The highest BCUT2D eigenvalue weighted by molar-refractivity contribution is 5.96. The van der Waals surface area contributed by atoms with Crippen LogP contribution in [0.2, 0.25) is 0 Å². The zero-order chi connectivity index (χ0) is 25.0. The standard InChI is InChI=1S/C16H25N5O11/c17-6(1-2-11(24)25)13(28)19-7(4-12(26)27)14(29)21-9(5-22)15(30)20-8(16(31)32)3-10(18)23/h6-9,22H,1-5,17H2,(H2,18,23)(H,19,28)(H,20,30)(H,21,29)(H,24,25)(H,26,27)(H,31,32). The van der Waals surface area contributed by atoms with E-state index in [0.717, 1.165) is 0 Å². The summed E-state index contributed by atoms with van der Waals surface area (Å²) in [6.45, 7) is -1.05. The lowest BCUT2D eigenvalue weighted by Crippen LogP contribution is -2.58. The van der Waals surface area contributed by atoms with Gasteiger partial charge in [0.2, 0.25) is 23.6 Å². The minimum absolute atomic E-state index is 0.305. The van der Waals surface area contributed by atoms with Crippen molar-refractivity contribution in [2.75, 3.05) is 6.61 Å². The Morgan fingerprint density at radius 2 is 1.22 bits per heavy atom. The van der Waals surface area contributed by atoms with Crippen LogP contribution in [0.15, 0.2) is 0 Å². The summed E-state index contributed by atoms with van der Waals surface area (Å²) in [5.74, 6) is -8.93. The van der Waals surface area contributed by atoms with Gasteiger partial charge in [0.1, 0.15) is 18.1 Å². The molecular formula is C16H25N5O11. The van der Waals surface area contributed by atoms with Gasteiger partial charge in [0.15, 0.2) is 0 Å². The molecule has 0 aliphatic rings. The van der Waals surface area contributed by atoms with Gasteiger partial charge in [-0.3, -0.25) is 28.8 Å². The number of carbonyl (C=O) groups excluding carboxylic acids is 4. The Hall–Kier alpha value is -3.79. The molecule has 16 nitrogen and oxygen atoms in total. The molecule has 0 aliphatic heterocycles. The predicted octanol–water partition coefficient (Wildman–Crippen LogP) is -4.94. The fraction of sp³-hybridized carbons (Fsp3) is 0.562.